The predicted octanol–water partition coefficient (Wildman–Crippen LogP) is 0.898. The summed E-state index contributed by atoms with van der Waals surface area (Å²) in [6.07, 6.45) is 1.35. The van der Waals surface area contributed by atoms with Crippen molar-refractivity contribution in [2.24, 2.45) is 5.92 Å². The van der Waals surface area contributed by atoms with Gasteiger partial charge in [0.2, 0.25) is 5.91 Å². The van der Waals surface area contributed by atoms with Crippen LogP contribution in [0.3, 0.4) is 0 Å². The van der Waals surface area contributed by atoms with Crippen LogP contribution in [0.25, 0.3) is 0 Å². The molecule has 1 amide bonds. The van der Waals surface area contributed by atoms with Gasteiger partial charge in [-0.15, -0.1) is 0 Å². The average Bonchev–Trinajstić information content (AvgIpc) is 2.20. The third kappa shape index (κ3) is 7.65. The third-order valence-electron chi connectivity index (χ3n) is 2.48. The van der Waals surface area contributed by atoms with Crippen LogP contribution in [-0.4, -0.2) is 36.2 Å². The van der Waals surface area contributed by atoms with E-state index in [9.17, 15) is 4.79 Å². The summed E-state index contributed by atoms with van der Waals surface area (Å²) in [7, 11) is 0. The zero-order valence-electron chi connectivity index (χ0n) is 10.9. The molecular weight excluding hydrogens is 204 g/mol. The smallest absolute Gasteiger partial charge is 0.220 e. The van der Waals surface area contributed by atoms with E-state index in [1.54, 1.807) is 0 Å². The van der Waals surface area contributed by atoms with Gasteiger partial charge in [-0.25, -0.2) is 0 Å². The second kappa shape index (κ2) is 8.53. The first-order valence-electron chi connectivity index (χ1n) is 6.11. The average molecular weight is 230 g/mol. The molecule has 0 spiro atoms. The molecule has 1 atom stereocenters. The summed E-state index contributed by atoms with van der Waals surface area (Å²) in [5, 5.41) is 15.2. The summed E-state index contributed by atoms with van der Waals surface area (Å²) < 4.78 is 0. The van der Waals surface area contributed by atoms with Crippen LogP contribution < -0.4 is 10.6 Å². The first-order chi connectivity index (χ1) is 7.47. The van der Waals surface area contributed by atoms with Crippen LogP contribution in [0.4, 0.5) is 0 Å². The van der Waals surface area contributed by atoms with Crippen molar-refractivity contribution in [3.8, 4) is 0 Å². The first-order valence-corrected chi connectivity index (χ1v) is 6.11. The Labute approximate surface area is 98.8 Å². The summed E-state index contributed by atoms with van der Waals surface area (Å²) in [6, 6.07) is 0.342. The van der Waals surface area contributed by atoms with E-state index in [0.29, 0.717) is 12.5 Å². The molecule has 0 aliphatic heterocycles. The first kappa shape index (κ1) is 15.4. The molecule has 0 rings (SSSR count). The molecule has 0 aliphatic rings. The molecule has 96 valence electrons. The number of nitrogens with one attached hydrogen (secondary N) is 2. The van der Waals surface area contributed by atoms with Crippen LogP contribution in [0.15, 0.2) is 0 Å². The minimum atomic E-state index is -0.120. The standard InChI is InChI=1S/C12H26N2O2/c1-9(2)11(8-15)14-12(16)6-5-7-13-10(3)4/h9-11,13,15H,5-8H2,1-4H3,(H,14,16). The van der Waals surface area contributed by atoms with E-state index in [4.69, 9.17) is 5.11 Å². The molecule has 0 fully saturated rings. The number of hydrogen-bond donors (Lipinski definition) is 3. The van der Waals surface area contributed by atoms with Gasteiger partial charge in [-0.3, -0.25) is 4.79 Å². The van der Waals surface area contributed by atoms with E-state index in [0.717, 1.165) is 13.0 Å². The highest BCUT2D eigenvalue weighted by Gasteiger charge is 2.14. The number of carbonyl (C=O) groups excluding carboxylic acids is 1. The van der Waals surface area contributed by atoms with E-state index >= 15 is 0 Å². The Bertz CT molecular complexity index is 193. The molecule has 0 saturated carbocycles. The highest BCUT2D eigenvalue weighted by molar-refractivity contribution is 5.76. The van der Waals surface area contributed by atoms with Crippen LogP contribution in [0.2, 0.25) is 0 Å². The minimum Gasteiger partial charge on any atom is -0.394 e. The Kier molecular flexibility index (Phi) is 8.21. The fourth-order valence-electron chi connectivity index (χ4n) is 1.34. The number of carbonyl (C=O) groups is 1. The molecule has 4 nitrogen and oxygen atoms in total. The van der Waals surface area contributed by atoms with Gasteiger partial charge >= 0.3 is 0 Å². The normalized spacial score (nSPS) is 13.2. The van der Waals surface area contributed by atoms with Crippen molar-refractivity contribution in [3.05, 3.63) is 0 Å². The molecule has 0 heterocycles. The second-order valence-electron chi connectivity index (χ2n) is 4.81. The van der Waals surface area contributed by atoms with Crippen molar-refractivity contribution < 1.29 is 9.90 Å². The predicted molar refractivity (Wildman–Crippen MR) is 66.2 cm³/mol. The molecule has 0 aromatic heterocycles. The molecule has 1 unspecified atom stereocenters. The van der Waals surface area contributed by atoms with Crippen LogP contribution in [0.1, 0.15) is 40.5 Å². The van der Waals surface area contributed by atoms with Crippen molar-refractivity contribution in [2.45, 2.75) is 52.6 Å². The van der Waals surface area contributed by atoms with E-state index in [2.05, 4.69) is 24.5 Å². The zero-order valence-corrected chi connectivity index (χ0v) is 10.9. The van der Waals surface area contributed by atoms with Gasteiger partial charge in [-0.1, -0.05) is 27.7 Å². The SMILES string of the molecule is CC(C)NCCCC(=O)NC(CO)C(C)C. The topological polar surface area (TPSA) is 61.4 Å². The van der Waals surface area contributed by atoms with Gasteiger partial charge in [-0.05, 0) is 18.9 Å². The van der Waals surface area contributed by atoms with Crippen molar-refractivity contribution in [1.82, 2.24) is 10.6 Å². The van der Waals surface area contributed by atoms with Gasteiger partial charge in [0.1, 0.15) is 0 Å². The summed E-state index contributed by atoms with van der Waals surface area (Å²) in [6.45, 7) is 9.01. The molecule has 3 N–H and O–H groups in total. The fraction of sp³-hybridized carbons (Fsp3) is 0.917. The molecular formula is C12H26N2O2. The lowest BCUT2D eigenvalue weighted by molar-refractivity contribution is -0.122. The lowest BCUT2D eigenvalue weighted by atomic mass is 10.1. The largest absolute Gasteiger partial charge is 0.394 e. The van der Waals surface area contributed by atoms with E-state index in [1.807, 2.05) is 13.8 Å². The molecule has 0 aromatic rings. The minimum absolute atomic E-state index is 0.00759. The zero-order chi connectivity index (χ0) is 12.6. The molecule has 4 heteroatoms. The Morgan fingerprint density at radius 2 is 1.88 bits per heavy atom. The number of aliphatic hydroxyl groups excluding tert-OH is 1. The highest BCUT2D eigenvalue weighted by Crippen LogP contribution is 2.01. The lowest BCUT2D eigenvalue weighted by Crippen LogP contribution is -2.41. The molecule has 16 heavy (non-hydrogen) atoms. The van der Waals surface area contributed by atoms with Crippen LogP contribution in [0, 0.1) is 5.92 Å². The van der Waals surface area contributed by atoms with Crippen molar-refractivity contribution in [1.29, 1.82) is 0 Å². The summed E-state index contributed by atoms with van der Waals surface area (Å²) >= 11 is 0. The number of hydrogen-bond acceptors (Lipinski definition) is 3. The van der Waals surface area contributed by atoms with Gasteiger partial charge in [-0.2, -0.15) is 0 Å². The lowest BCUT2D eigenvalue weighted by Gasteiger charge is -2.19. The molecule has 0 bridgehead atoms. The van der Waals surface area contributed by atoms with Gasteiger partial charge in [0.05, 0.1) is 12.6 Å². The van der Waals surface area contributed by atoms with E-state index < -0.39 is 0 Å². The second-order valence-corrected chi connectivity index (χ2v) is 4.81. The van der Waals surface area contributed by atoms with Crippen molar-refractivity contribution in [2.75, 3.05) is 13.2 Å². The van der Waals surface area contributed by atoms with Gasteiger partial charge < -0.3 is 15.7 Å². The van der Waals surface area contributed by atoms with Crippen molar-refractivity contribution >= 4 is 5.91 Å². The number of aliphatic hydroxyl groups is 1. The Balaban J connectivity index is 3.65. The molecule has 0 saturated heterocycles. The highest BCUT2D eigenvalue weighted by atomic mass is 16.3. The summed E-state index contributed by atoms with van der Waals surface area (Å²) in [4.78, 5) is 11.5. The number of amides is 1. The maximum atomic E-state index is 11.5. The summed E-state index contributed by atoms with van der Waals surface area (Å²) in [5.41, 5.74) is 0. The van der Waals surface area contributed by atoms with E-state index in [-0.39, 0.29) is 24.5 Å². The van der Waals surface area contributed by atoms with Crippen LogP contribution in [0.5, 0.6) is 0 Å². The van der Waals surface area contributed by atoms with Crippen LogP contribution >= 0.6 is 0 Å². The number of rotatable bonds is 8. The van der Waals surface area contributed by atoms with Crippen molar-refractivity contribution in [3.63, 3.8) is 0 Å². The molecule has 0 radical (unpaired) electrons. The third-order valence-corrected chi connectivity index (χ3v) is 2.48. The Morgan fingerprint density at radius 1 is 1.25 bits per heavy atom. The quantitative estimate of drug-likeness (QED) is 0.543. The van der Waals surface area contributed by atoms with E-state index in [1.165, 1.54) is 0 Å². The molecule has 0 aromatic carbocycles. The maximum Gasteiger partial charge on any atom is 0.220 e. The maximum absolute atomic E-state index is 11.5. The van der Waals surface area contributed by atoms with Gasteiger partial charge in [0, 0.05) is 12.5 Å². The van der Waals surface area contributed by atoms with Gasteiger partial charge in [0.25, 0.3) is 0 Å². The van der Waals surface area contributed by atoms with Gasteiger partial charge in [0.15, 0.2) is 0 Å². The Morgan fingerprint density at radius 3 is 2.31 bits per heavy atom. The summed E-state index contributed by atoms with van der Waals surface area (Å²) in [5.74, 6) is 0.293. The fourth-order valence-corrected chi connectivity index (χ4v) is 1.34. The monoisotopic (exact) mass is 230 g/mol. The molecule has 0 aliphatic carbocycles. The Hall–Kier alpha value is -0.610. The van der Waals surface area contributed by atoms with Crippen LogP contribution in [-0.2, 0) is 4.79 Å².